The quantitative estimate of drug-likeness (QED) is 0.817. The topological polar surface area (TPSA) is 29.1 Å². The van der Waals surface area contributed by atoms with Gasteiger partial charge in [-0.25, -0.2) is 8.78 Å². The van der Waals surface area contributed by atoms with Crippen LogP contribution in [0.4, 0.5) is 8.78 Å². The maximum Gasteiger partial charge on any atom is 0.255 e. The van der Waals surface area contributed by atoms with E-state index in [-0.39, 0.29) is 10.0 Å². The second-order valence-corrected chi connectivity index (χ2v) is 3.37. The SMILES string of the molecule is CCNC(=O)c1c(F)ccc(F)c1Br. The van der Waals surface area contributed by atoms with Crippen LogP contribution in [0.2, 0.25) is 0 Å². The summed E-state index contributed by atoms with van der Waals surface area (Å²) in [4.78, 5) is 11.3. The molecule has 2 nitrogen and oxygen atoms in total. The molecule has 0 saturated carbocycles. The molecule has 5 heteroatoms. The van der Waals surface area contributed by atoms with Gasteiger partial charge in [-0.1, -0.05) is 0 Å². The van der Waals surface area contributed by atoms with E-state index in [0.717, 1.165) is 12.1 Å². The fraction of sp³-hybridized carbons (Fsp3) is 0.222. The molecule has 0 spiro atoms. The van der Waals surface area contributed by atoms with E-state index in [0.29, 0.717) is 6.54 Å². The summed E-state index contributed by atoms with van der Waals surface area (Å²) in [5.41, 5.74) is -0.299. The van der Waals surface area contributed by atoms with E-state index in [1.807, 2.05) is 0 Å². The van der Waals surface area contributed by atoms with Gasteiger partial charge in [0, 0.05) is 6.54 Å². The summed E-state index contributed by atoms with van der Waals surface area (Å²) in [5, 5.41) is 2.40. The fourth-order valence-corrected chi connectivity index (χ4v) is 1.49. The average Bonchev–Trinajstić information content (AvgIpc) is 2.13. The molecule has 0 bridgehead atoms. The third-order valence-corrected chi connectivity index (χ3v) is 2.38. The highest BCUT2D eigenvalue weighted by atomic mass is 79.9. The number of amides is 1. The molecule has 0 atom stereocenters. The Kier molecular flexibility index (Phi) is 3.57. The molecule has 0 heterocycles. The lowest BCUT2D eigenvalue weighted by atomic mass is 10.2. The molecule has 0 radical (unpaired) electrons. The summed E-state index contributed by atoms with van der Waals surface area (Å²) >= 11 is 2.83. The van der Waals surface area contributed by atoms with Gasteiger partial charge in [0.2, 0.25) is 0 Å². The van der Waals surface area contributed by atoms with Crippen LogP contribution in [0.3, 0.4) is 0 Å². The van der Waals surface area contributed by atoms with Crippen LogP contribution in [0.1, 0.15) is 17.3 Å². The minimum atomic E-state index is -0.746. The molecule has 1 N–H and O–H groups in total. The zero-order chi connectivity index (χ0) is 10.7. The van der Waals surface area contributed by atoms with Crippen LogP contribution in [0.15, 0.2) is 16.6 Å². The van der Waals surface area contributed by atoms with Crippen molar-refractivity contribution in [2.45, 2.75) is 6.92 Å². The Bertz CT molecular complexity index is 368. The number of nitrogens with one attached hydrogen (secondary N) is 1. The lowest BCUT2D eigenvalue weighted by Gasteiger charge is -2.06. The Morgan fingerprint density at radius 1 is 1.43 bits per heavy atom. The summed E-state index contributed by atoms with van der Waals surface area (Å²) in [7, 11) is 0. The maximum atomic E-state index is 13.1. The van der Waals surface area contributed by atoms with Crippen LogP contribution in [-0.2, 0) is 0 Å². The highest BCUT2D eigenvalue weighted by Crippen LogP contribution is 2.23. The third-order valence-electron chi connectivity index (χ3n) is 1.61. The molecule has 76 valence electrons. The van der Waals surface area contributed by atoms with Crippen molar-refractivity contribution < 1.29 is 13.6 Å². The predicted octanol–water partition coefficient (Wildman–Crippen LogP) is 2.48. The van der Waals surface area contributed by atoms with Gasteiger partial charge in [-0.2, -0.15) is 0 Å². The van der Waals surface area contributed by atoms with Gasteiger partial charge >= 0.3 is 0 Å². The molecule has 0 aliphatic heterocycles. The number of rotatable bonds is 2. The molecule has 14 heavy (non-hydrogen) atoms. The van der Waals surface area contributed by atoms with E-state index in [1.165, 1.54) is 0 Å². The molecule has 1 aromatic carbocycles. The van der Waals surface area contributed by atoms with Crippen LogP contribution in [0, 0.1) is 11.6 Å². The van der Waals surface area contributed by atoms with Gasteiger partial charge in [0.1, 0.15) is 11.6 Å². The Morgan fingerprint density at radius 2 is 2.00 bits per heavy atom. The molecule has 0 aliphatic rings. The van der Waals surface area contributed by atoms with E-state index in [9.17, 15) is 13.6 Å². The van der Waals surface area contributed by atoms with Gasteiger partial charge in [0.25, 0.3) is 5.91 Å². The summed E-state index contributed by atoms with van der Waals surface area (Å²) < 4.78 is 26.0. The van der Waals surface area contributed by atoms with Crippen LogP contribution in [0.25, 0.3) is 0 Å². The number of carbonyl (C=O) groups excluding carboxylic acids is 1. The Labute approximate surface area is 88.4 Å². The molecule has 1 rings (SSSR count). The molecule has 0 aliphatic carbocycles. The molecule has 1 amide bonds. The normalized spacial score (nSPS) is 10.0. The summed E-state index contributed by atoms with van der Waals surface area (Å²) in [6.45, 7) is 2.06. The second kappa shape index (κ2) is 4.50. The molecule has 0 saturated heterocycles. The van der Waals surface area contributed by atoms with Crippen molar-refractivity contribution in [3.05, 3.63) is 33.8 Å². The van der Waals surface area contributed by atoms with Crippen LogP contribution >= 0.6 is 15.9 Å². The molecule has 1 aromatic rings. The Hall–Kier alpha value is -0.970. The van der Waals surface area contributed by atoms with Crippen molar-refractivity contribution in [3.8, 4) is 0 Å². The van der Waals surface area contributed by atoms with Gasteiger partial charge < -0.3 is 5.32 Å². The first kappa shape index (κ1) is 11.1. The molecule has 0 fully saturated rings. The van der Waals surface area contributed by atoms with Crippen molar-refractivity contribution in [1.29, 1.82) is 0 Å². The Morgan fingerprint density at radius 3 is 2.57 bits per heavy atom. The molecule has 0 aromatic heterocycles. The minimum absolute atomic E-state index is 0.150. The summed E-state index contributed by atoms with van der Waals surface area (Å²) in [5.74, 6) is -2.03. The van der Waals surface area contributed by atoms with Crippen molar-refractivity contribution in [2.24, 2.45) is 0 Å². The van der Waals surface area contributed by atoms with Gasteiger partial charge in [-0.15, -0.1) is 0 Å². The molecular formula is C9H8BrF2NO. The van der Waals surface area contributed by atoms with Gasteiger partial charge in [0.05, 0.1) is 10.0 Å². The van der Waals surface area contributed by atoms with Gasteiger partial charge in [-0.3, -0.25) is 4.79 Å². The largest absolute Gasteiger partial charge is 0.352 e. The van der Waals surface area contributed by atoms with Gasteiger partial charge in [0.15, 0.2) is 0 Å². The fourth-order valence-electron chi connectivity index (χ4n) is 0.984. The number of halogens is 3. The van der Waals surface area contributed by atoms with Crippen molar-refractivity contribution >= 4 is 21.8 Å². The van der Waals surface area contributed by atoms with E-state index >= 15 is 0 Å². The van der Waals surface area contributed by atoms with E-state index in [4.69, 9.17) is 0 Å². The van der Waals surface area contributed by atoms with E-state index in [1.54, 1.807) is 6.92 Å². The first-order valence-corrected chi connectivity index (χ1v) is 4.79. The lowest BCUT2D eigenvalue weighted by molar-refractivity contribution is 0.0950. The van der Waals surface area contributed by atoms with Crippen LogP contribution < -0.4 is 5.32 Å². The average molecular weight is 264 g/mol. The molecule has 0 unspecified atom stereocenters. The first-order chi connectivity index (χ1) is 6.57. The number of hydrogen-bond donors (Lipinski definition) is 1. The highest BCUT2D eigenvalue weighted by Gasteiger charge is 2.17. The maximum absolute atomic E-state index is 13.1. The minimum Gasteiger partial charge on any atom is -0.352 e. The number of carbonyl (C=O) groups is 1. The van der Waals surface area contributed by atoms with Crippen molar-refractivity contribution in [1.82, 2.24) is 5.32 Å². The number of benzene rings is 1. The Balaban J connectivity index is 3.18. The second-order valence-electron chi connectivity index (χ2n) is 2.58. The lowest BCUT2D eigenvalue weighted by Crippen LogP contribution is -2.24. The van der Waals surface area contributed by atoms with E-state index < -0.39 is 17.5 Å². The zero-order valence-corrected chi connectivity index (χ0v) is 8.99. The monoisotopic (exact) mass is 263 g/mol. The van der Waals surface area contributed by atoms with Crippen LogP contribution in [0.5, 0.6) is 0 Å². The molecular weight excluding hydrogens is 256 g/mol. The first-order valence-electron chi connectivity index (χ1n) is 3.99. The van der Waals surface area contributed by atoms with Gasteiger partial charge in [-0.05, 0) is 35.0 Å². The van der Waals surface area contributed by atoms with Crippen LogP contribution in [-0.4, -0.2) is 12.5 Å². The standard InChI is InChI=1S/C9H8BrF2NO/c1-2-13-9(14)7-5(11)3-4-6(12)8(7)10/h3-4H,2H2,1H3,(H,13,14). The third kappa shape index (κ3) is 2.09. The smallest absolute Gasteiger partial charge is 0.255 e. The zero-order valence-electron chi connectivity index (χ0n) is 7.40. The summed E-state index contributed by atoms with van der Waals surface area (Å²) in [6.07, 6.45) is 0. The number of hydrogen-bond acceptors (Lipinski definition) is 1. The van der Waals surface area contributed by atoms with Crippen molar-refractivity contribution in [2.75, 3.05) is 6.54 Å². The van der Waals surface area contributed by atoms with Crippen molar-refractivity contribution in [3.63, 3.8) is 0 Å². The summed E-state index contributed by atoms with van der Waals surface area (Å²) in [6, 6.07) is 1.88. The highest BCUT2D eigenvalue weighted by molar-refractivity contribution is 9.10. The van der Waals surface area contributed by atoms with E-state index in [2.05, 4.69) is 21.2 Å². The predicted molar refractivity (Wildman–Crippen MR) is 52.1 cm³/mol.